The number of aryl methyl sites for hydroxylation is 1. The standard InChI is InChI=1S/C22H20N4O3/c1-16-8-10-18(11-9-16)26(13-5-12-23)21(27)15-29-22(28)20-14-19(24-25-20)17-6-3-2-4-7-17/h2-4,6-11,14H,5,13,15H2,1H3,(H,24,25). The third-order valence-corrected chi connectivity index (χ3v) is 4.29. The van der Waals surface area contributed by atoms with Gasteiger partial charge in [0.15, 0.2) is 6.61 Å². The molecule has 0 fully saturated rings. The average Bonchev–Trinajstić information content (AvgIpc) is 3.24. The summed E-state index contributed by atoms with van der Waals surface area (Å²) in [7, 11) is 0. The van der Waals surface area contributed by atoms with E-state index in [1.165, 1.54) is 4.90 Å². The van der Waals surface area contributed by atoms with Gasteiger partial charge < -0.3 is 9.64 Å². The summed E-state index contributed by atoms with van der Waals surface area (Å²) >= 11 is 0. The first kappa shape index (κ1) is 19.8. The van der Waals surface area contributed by atoms with Crippen molar-refractivity contribution in [3.05, 3.63) is 71.9 Å². The number of anilines is 1. The molecule has 1 heterocycles. The Hall–Kier alpha value is -3.92. The molecule has 0 saturated heterocycles. The topological polar surface area (TPSA) is 99.1 Å². The molecule has 0 spiro atoms. The molecule has 0 radical (unpaired) electrons. The molecule has 0 atom stereocenters. The fourth-order valence-corrected chi connectivity index (χ4v) is 2.75. The minimum absolute atomic E-state index is 0.163. The molecule has 1 N–H and O–H groups in total. The second-order valence-electron chi connectivity index (χ2n) is 6.40. The van der Waals surface area contributed by atoms with Crippen molar-refractivity contribution in [2.24, 2.45) is 0 Å². The lowest BCUT2D eigenvalue weighted by Crippen LogP contribution is -2.35. The molecule has 3 rings (SSSR count). The van der Waals surface area contributed by atoms with Crippen LogP contribution in [0.25, 0.3) is 11.3 Å². The van der Waals surface area contributed by atoms with E-state index in [2.05, 4.69) is 10.2 Å². The summed E-state index contributed by atoms with van der Waals surface area (Å²) in [5, 5.41) is 15.6. The molecule has 1 amide bonds. The van der Waals surface area contributed by atoms with Crippen LogP contribution < -0.4 is 4.90 Å². The van der Waals surface area contributed by atoms with Gasteiger partial charge in [-0.05, 0) is 25.1 Å². The lowest BCUT2D eigenvalue weighted by Gasteiger charge is -2.21. The third kappa shape index (κ3) is 5.08. The quantitative estimate of drug-likeness (QED) is 0.625. The molecule has 2 aromatic carbocycles. The second kappa shape index (κ2) is 9.33. The number of carbonyl (C=O) groups excluding carboxylic acids is 2. The van der Waals surface area contributed by atoms with Crippen LogP contribution in [-0.2, 0) is 9.53 Å². The predicted octanol–water partition coefficient (Wildman–Crippen LogP) is 3.49. The number of nitrogens with one attached hydrogen (secondary N) is 1. The van der Waals surface area contributed by atoms with Crippen LogP contribution in [0.2, 0.25) is 0 Å². The molecule has 0 saturated carbocycles. The SMILES string of the molecule is Cc1ccc(N(CCC#N)C(=O)COC(=O)c2cc(-c3ccccc3)n[nH]2)cc1. The van der Waals surface area contributed by atoms with Crippen LogP contribution in [-0.4, -0.2) is 35.2 Å². The zero-order valence-electron chi connectivity index (χ0n) is 16.0. The van der Waals surface area contributed by atoms with Crippen molar-refractivity contribution in [3.8, 4) is 17.3 Å². The maximum Gasteiger partial charge on any atom is 0.356 e. The summed E-state index contributed by atoms with van der Waals surface area (Å²) < 4.78 is 5.16. The number of hydrogen-bond donors (Lipinski definition) is 1. The normalized spacial score (nSPS) is 10.2. The molecule has 0 aliphatic heterocycles. The van der Waals surface area contributed by atoms with Gasteiger partial charge in [0.25, 0.3) is 5.91 Å². The number of nitriles is 1. The molecular weight excluding hydrogens is 368 g/mol. The van der Waals surface area contributed by atoms with E-state index in [1.54, 1.807) is 18.2 Å². The Bertz CT molecular complexity index is 1020. The van der Waals surface area contributed by atoms with Crippen molar-refractivity contribution in [3.63, 3.8) is 0 Å². The number of amides is 1. The molecule has 146 valence electrons. The number of nitrogens with zero attached hydrogens (tertiary/aromatic N) is 3. The monoisotopic (exact) mass is 388 g/mol. The van der Waals surface area contributed by atoms with Crippen LogP contribution in [0.3, 0.4) is 0 Å². The highest BCUT2D eigenvalue weighted by Crippen LogP contribution is 2.18. The number of ether oxygens (including phenoxy) is 1. The van der Waals surface area contributed by atoms with Crippen LogP contribution in [0.15, 0.2) is 60.7 Å². The van der Waals surface area contributed by atoms with Crippen molar-refractivity contribution >= 4 is 17.6 Å². The van der Waals surface area contributed by atoms with Crippen molar-refractivity contribution in [1.82, 2.24) is 10.2 Å². The zero-order chi connectivity index (χ0) is 20.6. The summed E-state index contributed by atoms with van der Waals surface area (Å²) in [6.07, 6.45) is 0.175. The number of rotatable bonds is 7. The lowest BCUT2D eigenvalue weighted by molar-refractivity contribution is -0.121. The van der Waals surface area contributed by atoms with Crippen molar-refractivity contribution in [2.75, 3.05) is 18.1 Å². The number of aromatic amines is 1. The second-order valence-corrected chi connectivity index (χ2v) is 6.40. The summed E-state index contributed by atoms with van der Waals surface area (Å²) in [4.78, 5) is 26.3. The zero-order valence-corrected chi connectivity index (χ0v) is 16.0. The van der Waals surface area contributed by atoms with Crippen LogP contribution in [0, 0.1) is 18.3 Å². The number of carbonyl (C=O) groups is 2. The maximum absolute atomic E-state index is 12.6. The largest absolute Gasteiger partial charge is 0.451 e. The smallest absolute Gasteiger partial charge is 0.356 e. The Labute approximate surface area is 168 Å². The Morgan fingerprint density at radius 3 is 2.55 bits per heavy atom. The van der Waals surface area contributed by atoms with E-state index < -0.39 is 18.5 Å². The molecule has 7 heteroatoms. The summed E-state index contributed by atoms with van der Waals surface area (Å²) in [6, 6.07) is 20.4. The van der Waals surface area contributed by atoms with E-state index >= 15 is 0 Å². The highest BCUT2D eigenvalue weighted by molar-refractivity contribution is 5.97. The Kier molecular flexibility index (Phi) is 6.38. The van der Waals surface area contributed by atoms with Gasteiger partial charge in [-0.2, -0.15) is 10.4 Å². The summed E-state index contributed by atoms with van der Waals surface area (Å²) in [6.45, 7) is 1.73. The fraction of sp³-hybridized carbons (Fsp3) is 0.182. The van der Waals surface area contributed by atoms with Gasteiger partial charge in [-0.25, -0.2) is 4.79 Å². The summed E-state index contributed by atoms with van der Waals surface area (Å²) in [5.74, 6) is -1.07. The minimum Gasteiger partial charge on any atom is -0.451 e. The highest BCUT2D eigenvalue weighted by atomic mass is 16.5. The summed E-state index contributed by atoms with van der Waals surface area (Å²) in [5.41, 5.74) is 3.34. The first-order valence-electron chi connectivity index (χ1n) is 9.10. The van der Waals surface area contributed by atoms with E-state index in [0.717, 1.165) is 11.1 Å². The highest BCUT2D eigenvalue weighted by Gasteiger charge is 2.19. The first-order valence-corrected chi connectivity index (χ1v) is 9.10. The molecule has 0 unspecified atom stereocenters. The molecule has 0 aliphatic carbocycles. The van der Waals surface area contributed by atoms with Crippen LogP contribution in [0.4, 0.5) is 5.69 Å². The minimum atomic E-state index is -0.669. The molecule has 29 heavy (non-hydrogen) atoms. The Morgan fingerprint density at radius 1 is 1.14 bits per heavy atom. The average molecular weight is 388 g/mol. The number of esters is 1. The van der Waals surface area contributed by atoms with Crippen molar-refractivity contribution in [2.45, 2.75) is 13.3 Å². The van der Waals surface area contributed by atoms with Gasteiger partial charge in [-0.15, -0.1) is 0 Å². The van der Waals surface area contributed by atoms with Crippen LogP contribution in [0.5, 0.6) is 0 Å². The molecule has 1 aromatic heterocycles. The number of hydrogen-bond acceptors (Lipinski definition) is 5. The maximum atomic E-state index is 12.6. The molecule has 0 aliphatic rings. The first-order chi connectivity index (χ1) is 14.1. The van der Waals surface area contributed by atoms with Gasteiger partial charge >= 0.3 is 5.97 Å². The number of aromatic nitrogens is 2. The van der Waals surface area contributed by atoms with Crippen LogP contribution >= 0.6 is 0 Å². The van der Waals surface area contributed by atoms with Crippen molar-refractivity contribution < 1.29 is 14.3 Å². The third-order valence-electron chi connectivity index (χ3n) is 4.29. The van der Waals surface area contributed by atoms with Gasteiger partial charge in [0, 0.05) is 17.8 Å². The Balaban J connectivity index is 1.65. The van der Waals surface area contributed by atoms with Gasteiger partial charge in [0.1, 0.15) is 5.69 Å². The van der Waals surface area contributed by atoms with E-state index in [9.17, 15) is 9.59 Å². The molecular formula is C22H20N4O3. The van der Waals surface area contributed by atoms with Gasteiger partial charge in [0.2, 0.25) is 0 Å². The van der Waals surface area contributed by atoms with Crippen LogP contribution in [0.1, 0.15) is 22.5 Å². The van der Waals surface area contributed by atoms with E-state index in [-0.39, 0.29) is 18.7 Å². The lowest BCUT2D eigenvalue weighted by atomic mass is 10.1. The Morgan fingerprint density at radius 2 is 1.86 bits per heavy atom. The molecule has 7 nitrogen and oxygen atoms in total. The van der Waals surface area contributed by atoms with E-state index in [4.69, 9.17) is 10.00 Å². The van der Waals surface area contributed by atoms with Gasteiger partial charge in [-0.3, -0.25) is 9.89 Å². The van der Waals surface area contributed by atoms with Gasteiger partial charge in [-0.1, -0.05) is 48.0 Å². The number of H-pyrrole nitrogens is 1. The molecule has 3 aromatic rings. The predicted molar refractivity (Wildman–Crippen MR) is 108 cm³/mol. The number of benzene rings is 2. The fourth-order valence-electron chi connectivity index (χ4n) is 2.75. The van der Waals surface area contributed by atoms with Crippen molar-refractivity contribution in [1.29, 1.82) is 5.26 Å². The van der Waals surface area contributed by atoms with E-state index in [1.807, 2.05) is 55.5 Å². The molecule has 0 bridgehead atoms. The van der Waals surface area contributed by atoms with E-state index in [0.29, 0.717) is 11.4 Å². The van der Waals surface area contributed by atoms with Gasteiger partial charge in [0.05, 0.1) is 18.2 Å².